The molecular formula is C17H17NO3. The highest BCUT2D eigenvalue weighted by Gasteiger charge is 2.14. The Morgan fingerprint density at radius 1 is 1.05 bits per heavy atom. The van der Waals surface area contributed by atoms with E-state index in [9.17, 15) is 9.59 Å². The van der Waals surface area contributed by atoms with E-state index in [1.54, 1.807) is 18.2 Å². The summed E-state index contributed by atoms with van der Waals surface area (Å²) >= 11 is 0. The number of carboxylic acid groups (broad SMARTS) is 1. The lowest BCUT2D eigenvalue weighted by atomic mass is 10.0. The zero-order valence-electron chi connectivity index (χ0n) is 11.7. The van der Waals surface area contributed by atoms with Crippen LogP contribution in [0.15, 0.2) is 54.6 Å². The lowest BCUT2D eigenvalue weighted by Crippen LogP contribution is -2.28. The Labute approximate surface area is 123 Å². The van der Waals surface area contributed by atoms with Gasteiger partial charge in [0.25, 0.3) is 0 Å². The molecule has 0 aliphatic rings. The van der Waals surface area contributed by atoms with Gasteiger partial charge in [-0.1, -0.05) is 48.5 Å². The fraction of sp³-hybridized carbons (Fsp3) is 0.176. The van der Waals surface area contributed by atoms with Gasteiger partial charge in [-0.25, -0.2) is 4.79 Å². The van der Waals surface area contributed by atoms with Crippen LogP contribution < -0.4 is 5.32 Å². The quantitative estimate of drug-likeness (QED) is 0.886. The standard InChI is InChI=1S/C17H17NO3/c1-12(13-7-3-2-4-8-13)18-16(19)11-14-9-5-6-10-15(14)17(20)21/h2-10,12H,11H2,1H3,(H,18,19)(H,20,21)/t12-/m0/s1. The van der Waals surface area contributed by atoms with Gasteiger partial charge >= 0.3 is 5.97 Å². The molecule has 2 rings (SSSR count). The molecule has 4 nitrogen and oxygen atoms in total. The van der Waals surface area contributed by atoms with Gasteiger partial charge in [0.15, 0.2) is 0 Å². The minimum Gasteiger partial charge on any atom is -0.478 e. The van der Waals surface area contributed by atoms with E-state index in [0.29, 0.717) is 5.56 Å². The molecule has 0 aliphatic carbocycles. The number of hydrogen-bond acceptors (Lipinski definition) is 2. The minimum absolute atomic E-state index is 0.0552. The van der Waals surface area contributed by atoms with Crippen molar-refractivity contribution in [1.82, 2.24) is 5.32 Å². The summed E-state index contributed by atoms with van der Waals surface area (Å²) in [6, 6.07) is 16.1. The Morgan fingerprint density at radius 2 is 1.67 bits per heavy atom. The van der Waals surface area contributed by atoms with Gasteiger partial charge in [0.1, 0.15) is 0 Å². The first kappa shape index (κ1) is 14.8. The molecule has 2 aromatic carbocycles. The second-order valence-corrected chi connectivity index (χ2v) is 4.84. The molecule has 108 valence electrons. The summed E-state index contributed by atoms with van der Waals surface area (Å²) < 4.78 is 0. The largest absolute Gasteiger partial charge is 0.478 e. The molecule has 0 aliphatic heterocycles. The molecule has 0 saturated heterocycles. The van der Waals surface area contributed by atoms with Crippen molar-refractivity contribution >= 4 is 11.9 Å². The second kappa shape index (κ2) is 6.70. The molecule has 0 aromatic heterocycles. The van der Waals surface area contributed by atoms with Gasteiger partial charge in [0.05, 0.1) is 18.0 Å². The third-order valence-electron chi connectivity index (χ3n) is 3.28. The highest BCUT2D eigenvalue weighted by atomic mass is 16.4. The van der Waals surface area contributed by atoms with E-state index < -0.39 is 5.97 Å². The molecule has 0 bridgehead atoms. The number of amides is 1. The van der Waals surface area contributed by atoms with Crippen molar-refractivity contribution in [3.63, 3.8) is 0 Å². The van der Waals surface area contributed by atoms with Gasteiger partial charge in [-0.05, 0) is 24.1 Å². The summed E-state index contributed by atoms with van der Waals surface area (Å²) in [5, 5.41) is 12.0. The molecule has 0 unspecified atom stereocenters. The second-order valence-electron chi connectivity index (χ2n) is 4.84. The lowest BCUT2D eigenvalue weighted by Gasteiger charge is -2.14. The normalized spacial score (nSPS) is 11.7. The van der Waals surface area contributed by atoms with Crippen molar-refractivity contribution in [3.05, 3.63) is 71.3 Å². The van der Waals surface area contributed by atoms with E-state index in [2.05, 4.69) is 5.32 Å². The molecule has 21 heavy (non-hydrogen) atoms. The zero-order valence-corrected chi connectivity index (χ0v) is 11.7. The number of carbonyl (C=O) groups is 2. The molecule has 2 aromatic rings. The summed E-state index contributed by atoms with van der Waals surface area (Å²) in [7, 11) is 0. The number of rotatable bonds is 5. The van der Waals surface area contributed by atoms with Crippen LogP contribution in [-0.2, 0) is 11.2 Å². The molecule has 0 spiro atoms. The van der Waals surface area contributed by atoms with E-state index in [4.69, 9.17) is 5.11 Å². The van der Waals surface area contributed by atoms with Crippen LogP contribution in [-0.4, -0.2) is 17.0 Å². The first-order chi connectivity index (χ1) is 10.1. The third-order valence-corrected chi connectivity index (χ3v) is 3.28. The lowest BCUT2D eigenvalue weighted by molar-refractivity contribution is -0.121. The Balaban J connectivity index is 2.04. The average Bonchev–Trinajstić information content (AvgIpc) is 2.48. The first-order valence-corrected chi connectivity index (χ1v) is 6.73. The maximum atomic E-state index is 12.1. The average molecular weight is 283 g/mol. The monoisotopic (exact) mass is 283 g/mol. The van der Waals surface area contributed by atoms with Crippen molar-refractivity contribution in [3.8, 4) is 0 Å². The zero-order chi connectivity index (χ0) is 15.2. The number of hydrogen-bond donors (Lipinski definition) is 2. The van der Waals surface area contributed by atoms with Crippen LogP contribution in [0.4, 0.5) is 0 Å². The third kappa shape index (κ3) is 3.92. The van der Waals surface area contributed by atoms with E-state index in [-0.39, 0.29) is 23.9 Å². The molecule has 0 fully saturated rings. The first-order valence-electron chi connectivity index (χ1n) is 6.73. The number of carbonyl (C=O) groups excluding carboxylic acids is 1. The van der Waals surface area contributed by atoms with Crippen LogP contribution in [0.25, 0.3) is 0 Å². The molecule has 0 heterocycles. The van der Waals surface area contributed by atoms with E-state index in [1.807, 2.05) is 37.3 Å². The van der Waals surface area contributed by atoms with Gasteiger partial charge in [0, 0.05) is 0 Å². The summed E-state index contributed by atoms with van der Waals surface area (Å²) in [6.07, 6.45) is 0.0552. The smallest absolute Gasteiger partial charge is 0.335 e. The number of carboxylic acids is 1. The molecular weight excluding hydrogens is 266 g/mol. The van der Waals surface area contributed by atoms with Crippen molar-refractivity contribution in [1.29, 1.82) is 0 Å². The van der Waals surface area contributed by atoms with Gasteiger partial charge in [-0.15, -0.1) is 0 Å². The van der Waals surface area contributed by atoms with Crippen LogP contribution in [0.3, 0.4) is 0 Å². The SMILES string of the molecule is C[C@H](NC(=O)Cc1ccccc1C(=O)O)c1ccccc1. The molecule has 4 heteroatoms. The summed E-state index contributed by atoms with van der Waals surface area (Å²) in [4.78, 5) is 23.2. The summed E-state index contributed by atoms with van der Waals surface area (Å²) in [5.41, 5.74) is 1.69. The van der Waals surface area contributed by atoms with Crippen molar-refractivity contribution in [2.24, 2.45) is 0 Å². The fourth-order valence-electron chi connectivity index (χ4n) is 2.17. The Bertz CT molecular complexity index is 637. The number of nitrogens with one attached hydrogen (secondary N) is 1. The van der Waals surface area contributed by atoms with Crippen molar-refractivity contribution < 1.29 is 14.7 Å². The number of benzene rings is 2. The van der Waals surface area contributed by atoms with Gasteiger partial charge in [-0.3, -0.25) is 4.79 Å². The Hall–Kier alpha value is -2.62. The van der Waals surface area contributed by atoms with Crippen LogP contribution in [0.1, 0.15) is 34.5 Å². The highest BCUT2D eigenvalue weighted by Crippen LogP contribution is 2.13. The van der Waals surface area contributed by atoms with Gasteiger partial charge in [-0.2, -0.15) is 0 Å². The van der Waals surface area contributed by atoms with Crippen LogP contribution in [0, 0.1) is 0 Å². The molecule has 2 N–H and O–H groups in total. The maximum Gasteiger partial charge on any atom is 0.335 e. The van der Waals surface area contributed by atoms with Crippen LogP contribution in [0.2, 0.25) is 0 Å². The van der Waals surface area contributed by atoms with E-state index in [1.165, 1.54) is 6.07 Å². The molecule has 0 radical (unpaired) electrons. The fourth-order valence-corrected chi connectivity index (χ4v) is 2.17. The van der Waals surface area contributed by atoms with Crippen LogP contribution in [0.5, 0.6) is 0 Å². The number of aromatic carboxylic acids is 1. The Morgan fingerprint density at radius 3 is 2.33 bits per heavy atom. The predicted molar refractivity (Wildman–Crippen MR) is 80.1 cm³/mol. The highest BCUT2D eigenvalue weighted by molar-refractivity contribution is 5.91. The summed E-state index contributed by atoms with van der Waals surface area (Å²) in [6.45, 7) is 1.90. The maximum absolute atomic E-state index is 12.1. The molecule has 1 atom stereocenters. The van der Waals surface area contributed by atoms with Crippen molar-refractivity contribution in [2.45, 2.75) is 19.4 Å². The van der Waals surface area contributed by atoms with E-state index in [0.717, 1.165) is 5.56 Å². The van der Waals surface area contributed by atoms with Crippen LogP contribution >= 0.6 is 0 Å². The minimum atomic E-state index is -1.02. The molecule has 0 saturated carbocycles. The van der Waals surface area contributed by atoms with Crippen molar-refractivity contribution in [2.75, 3.05) is 0 Å². The van der Waals surface area contributed by atoms with Gasteiger partial charge < -0.3 is 10.4 Å². The Kier molecular flexibility index (Phi) is 4.72. The topological polar surface area (TPSA) is 66.4 Å². The molecule has 1 amide bonds. The predicted octanol–water partition coefficient (Wildman–Crippen LogP) is 2.80. The van der Waals surface area contributed by atoms with Gasteiger partial charge in [0.2, 0.25) is 5.91 Å². The van der Waals surface area contributed by atoms with E-state index >= 15 is 0 Å². The summed E-state index contributed by atoms with van der Waals surface area (Å²) in [5.74, 6) is -1.21.